The Morgan fingerprint density at radius 1 is 1.21 bits per heavy atom. The molecule has 0 aliphatic rings. The van der Waals surface area contributed by atoms with Crippen molar-refractivity contribution in [3.8, 4) is 11.1 Å². The molecule has 3 heteroatoms. The highest BCUT2D eigenvalue weighted by molar-refractivity contribution is 5.90. The second-order valence-electron chi connectivity index (χ2n) is 4.63. The third kappa shape index (κ3) is 1.87. The zero-order chi connectivity index (χ0) is 13.4. The Bertz CT molecular complexity index is 744. The molecule has 1 aromatic heterocycles. The number of rotatable bonds is 2. The van der Waals surface area contributed by atoms with Gasteiger partial charge in [-0.15, -0.1) is 0 Å². The van der Waals surface area contributed by atoms with Crippen molar-refractivity contribution in [2.45, 2.75) is 13.3 Å². The van der Waals surface area contributed by atoms with Crippen molar-refractivity contribution in [2.24, 2.45) is 0 Å². The number of nitrogens with two attached hydrogens (primary N) is 1. The molecule has 0 radical (unpaired) electrons. The molecule has 2 nitrogen and oxygen atoms in total. The van der Waals surface area contributed by atoms with Crippen LogP contribution in [0.4, 0.5) is 10.1 Å². The molecule has 0 bridgehead atoms. The van der Waals surface area contributed by atoms with Gasteiger partial charge in [-0.2, -0.15) is 0 Å². The van der Waals surface area contributed by atoms with Crippen LogP contribution in [-0.2, 0) is 6.42 Å². The zero-order valence-corrected chi connectivity index (χ0v) is 10.7. The fourth-order valence-corrected chi connectivity index (χ4v) is 2.43. The van der Waals surface area contributed by atoms with E-state index in [2.05, 4.69) is 18.0 Å². The Morgan fingerprint density at radius 3 is 2.84 bits per heavy atom. The standard InChI is InChI=1S/C16H15FN2/c1-2-10-9-19-15-7-6-11(8-13(10)15)12-4-3-5-14(17)16(12)18/h3-9,19H,2,18H2,1H3. The van der Waals surface area contributed by atoms with Crippen LogP contribution < -0.4 is 5.73 Å². The first-order chi connectivity index (χ1) is 9.20. The third-order valence-electron chi connectivity index (χ3n) is 3.51. The van der Waals surface area contributed by atoms with Crippen LogP contribution in [0.25, 0.3) is 22.0 Å². The number of aryl methyl sites for hydroxylation is 1. The molecule has 0 aliphatic carbocycles. The Labute approximate surface area is 111 Å². The number of para-hydroxylation sites is 1. The Hall–Kier alpha value is -2.29. The molecule has 0 saturated heterocycles. The minimum absolute atomic E-state index is 0.204. The average molecular weight is 254 g/mol. The molecule has 0 saturated carbocycles. The van der Waals surface area contributed by atoms with Crippen molar-refractivity contribution in [1.29, 1.82) is 0 Å². The first-order valence-corrected chi connectivity index (χ1v) is 6.35. The summed E-state index contributed by atoms with van der Waals surface area (Å²) in [6, 6.07) is 10.9. The van der Waals surface area contributed by atoms with Gasteiger partial charge in [0.25, 0.3) is 0 Å². The summed E-state index contributed by atoms with van der Waals surface area (Å²) in [5, 5.41) is 1.17. The van der Waals surface area contributed by atoms with Crippen molar-refractivity contribution in [1.82, 2.24) is 4.98 Å². The van der Waals surface area contributed by atoms with Crippen LogP contribution in [0.5, 0.6) is 0 Å². The number of aromatic amines is 1. The van der Waals surface area contributed by atoms with Gasteiger partial charge in [0.2, 0.25) is 0 Å². The lowest BCUT2D eigenvalue weighted by atomic mass is 10.0. The predicted molar refractivity (Wildman–Crippen MR) is 77.5 cm³/mol. The van der Waals surface area contributed by atoms with Crippen LogP contribution in [0.15, 0.2) is 42.6 Å². The van der Waals surface area contributed by atoms with Gasteiger partial charge in [-0.05, 0) is 35.7 Å². The van der Waals surface area contributed by atoms with Crippen LogP contribution in [0.1, 0.15) is 12.5 Å². The summed E-state index contributed by atoms with van der Waals surface area (Å²) in [5.74, 6) is -0.373. The summed E-state index contributed by atoms with van der Waals surface area (Å²) >= 11 is 0. The maximum Gasteiger partial charge on any atom is 0.146 e. The van der Waals surface area contributed by atoms with E-state index in [9.17, 15) is 4.39 Å². The number of hydrogen-bond acceptors (Lipinski definition) is 1. The average Bonchev–Trinajstić information content (AvgIpc) is 2.84. The van der Waals surface area contributed by atoms with Crippen LogP contribution in [-0.4, -0.2) is 4.98 Å². The van der Waals surface area contributed by atoms with Gasteiger partial charge >= 0.3 is 0 Å². The normalized spacial score (nSPS) is 11.1. The second kappa shape index (κ2) is 4.43. The van der Waals surface area contributed by atoms with Crippen LogP contribution in [0.2, 0.25) is 0 Å². The van der Waals surface area contributed by atoms with E-state index in [1.165, 1.54) is 17.0 Å². The molecule has 0 atom stereocenters. The van der Waals surface area contributed by atoms with E-state index in [1.54, 1.807) is 6.07 Å². The van der Waals surface area contributed by atoms with Crippen molar-refractivity contribution in [3.05, 3.63) is 54.0 Å². The van der Waals surface area contributed by atoms with Gasteiger partial charge in [-0.1, -0.05) is 25.1 Å². The molecule has 3 N–H and O–H groups in total. The molecule has 19 heavy (non-hydrogen) atoms. The van der Waals surface area contributed by atoms with Gasteiger partial charge in [-0.25, -0.2) is 4.39 Å². The largest absolute Gasteiger partial charge is 0.396 e. The molecule has 0 amide bonds. The number of benzene rings is 2. The molecular formula is C16H15FN2. The quantitative estimate of drug-likeness (QED) is 0.664. The predicted octanol–water partition coefficient (Wildman–Crippen LogP) is 4.12. The number of nitrogens with one attached hydrogen (secondary N) is 1. The van der Waals surface area contributed by atoms with E-state index in [-0.39, 0.29) is 11.5 Å². The Morgan fingerprint density at radius 2 is 2.05 bits per heavy atom. The van der Waals surface area contributed by atoms with Gasteiger partial charge in [0.1, 0.15) is 5.82 Å². The maximum absolute atomic E-state index is 13.5. The second-order valence-corrected chi connectivity index (χ2v) is 4.63. The smallest absolute Gasteiger partial charge is 0.146 e. The van der Waals surface area contributed by atoms with Gasteiger partial charge in [0.05, 0.1) is 5.69 Å². The van der Waals surface area contributed by atoms with E-state index >= 15 is 0 Å². The minimum Gasteiger partial charge on any atom is -0.396 e. The van der Waals surface area contributed by atoms with Gasteiger partial charge in [-0.3, -0.25) is 0 Å². The SMILES string of the molecule is CCc1c[nH]c2ccc(-c3cccc(F)c3N)cc12. The van der Waals surface area contributed by atoms with E-state index in [4.69, 9.17) is 5.73 Å². The number of anilines is 1. The summed E-state index contributed by atoms with van der Waals surface area (Å²) in [4.78, 5) is 3.24. The first kappa shape index (κ1) is 11.8. The molecule has 0 aliphatic heterocycles. The van der Waals surface area contributed by atoms with Gasteiger partial charge < -0.3 is 10.7 Å². The molecule has 96 valence electrons. The first-order valence-electron chi connectivity index (χ1n) is 6.35. The molecule has 0 spiro atoms. The summed E-state index contributed by atoms with van der Waals surface area (Å²) in [5.41, 5.74) is 10.1. The van der Waals surface area contributed by atoms with Crippen molar-refractivity contribution in [2.75, 3.05) is 5.73 Å². The van der Waals surface area contributed by atoms with E-state index in [0.29, 0.717) is 0 Å². The molecular weight excluding hydrogens is 239 g/mol. The Balaban J connectivity index is 2.22. The van der Waals surface area contributed by atoms with Crippen molar-refractivity contribution >= 4 is 16.6 Å². The Kier molecular flexibility index (Phi) is 2.75. The number of aromatic nitrogens is 1. The lowest BCUT2D eigenvalue weighted by Crippen LogP contribution is -1.94. The van der Waals surface area contributed by atoms with Crippen molar-refractivity contribution in [3.63, 3.8) is 0 Å². The third-order valence-corrected chi connectivity index (χ3v) is 3.51. The highest BCUT2D eigenvalue weighted by Crippen LogP contribution is 2.31. The van der Waals surface area contributed by atoms with E-state index in [0.717, 1.165) is 23.1 Å². The summed E-state index contributed by atoms with van der Waals surface area (Å²) in [6.07, 6.45) is 2.98. The number of fused-ring (bicyclic) bond motifs is 1. The number of H-pyrrole nitrogens is 1. The van der Waals surface area contributed by atoms with Crippen molar-refractivity contribution < 1.29 is 4.39 Å². The summed E-state index contributed by atoms with van der Waals surface area (Å²) < 4.78 is 13.5. The number of hydrogen-bond donors (Lipinski definition) is 2. The molecule has 2 aromatic carbocycles. The van der Waals surface area contributed by atoms with Crippen LogP contribution >= 0.6 is 0 Å². The molecule has 3 aromatic rings. The van der Waals surface area contributed by atoms with E-state index in [1.807, 2.05) is 24.4 Å². The summed E-state index contributed by atoms with van der Waals surface area (Å²) in [7, 11) is 0. The highest BCUT2D eigenvalue weighted by atomic mass is 19.1. The highest BCUT2D eigenvalue weighted by Gasteiger charge is 2.09. The monoisotopic (exact) mass is 254 g/mol. The fraction of sp³-hybridized carbons (Fsp3) is 0.125. The minimum atomic E-state index is -0.373. The summed E-state index contributed by atoms with van der Waals surface area (Å²) in [6.45, 7) is 2.12. The molecule has 0 unspecified atom stereocenters. The van der Waals surface area contributed by atoms with Gasteiger partial charge in [0, 0.05) is 22.7 Å². The maximum atomic E-state index is 13.5. The van der Waals surface area contributed by atoms with Crippen LogP contribution in [0, 0.1) is 5.82 Å². The fourth-order valence-electron chi connectivity index (χ4n) is 2.43. The lowest BCUT2D eigenvalue weighted by Gasteiger charge is -2.07. The lowest BCUT2D eigenvalue weighted by molar-refractivity contribution is 0.633. The van der Waals surface area contributed by atoms with E-state index < -0.39 is 0 Å². The zero-order valence-electron chi connectivity index (χ0n) is 10.7. The number of nitrogen functional groups attached to an aromatic ring is 1. The molecule has 3 rings (SSSR count). The van der Waals surface area contributed by atoms with Gasteiger partial charge in [0.15, 0.2) is 0 Å². The number of halogens is 1. The topological polar surface area (TPSA) is 41.8 Å². The molecule has 0 fully saturated rings. The molecule has 1 heterocycles. The van der Waals surface area contributed by atoms with Crippen LogP contribution in [0.3, 0.4) is 0 Å².